The minimum Gasteiger partial charge on any atom is -0.390 e. The number of anilines is 1. The molecule has 0 radical (unpaired) electrons. The predicted octanol–water partition coefficient (Wildman–Crippen LogP) is 5.64. The van der Waals surface area contributed by atoms with Gasteiger partial charge in [0.2, 0.25) is 0 Å². The molecular formula is C35H40ClN5O3S. The number of halogens is 1. The summed E-state index contributed by atoms with van der Waals surface area (Å²) >= 11 is 7.70. The maximum Gasteiger partial charge on any atom is 0.254 e. The van der Waals surface area contributed by atoms with E-state index in [4.69, 9.17) is 11.6 Å². The van der Waals surface area contributed by atoms with Crippen molar-refractivity contribution in [2.24, 2.45) is 0 Å². The lowest BCUT2D eigenvalue weighted by Gasteiger charge is -2.26. The fourth-order valence-corrected chi connectivity index (χ4v) is 6.79. The highest BCUT2D eigenvalue weighted by atomic mass is 35.5. The van der Waals surface area contributed by atoms with Crippen molar-refractivity contribution in [1.29, 1.82) is 0 Å². The van der Waals surface area contributed by atoms with Crippen LogP contribution >= 0.6 is 22.9 Å². The zero-order chi connectivity index (χ0) is 31.9. The number of thiazole rings is 1. The van der Waals surface area contributed by atoms with E-state index in [0.717, 1.165) is 40.4 Å². The van der Waals surface area contributed by atoms with Gasteiger partial charge in [-0.1, -0.05) is 54.1 Å². The molecule has 236 valence electrons. The Kier molecular flexibility index (Phi) is 10.9. The number of likely N-dealkylation sites (tertiary alicyclic amines) is 1. The topological polar surface area (TPSA) is 97.8 Å². The Morgan fingerprint density at radius 3 is 2.53 bits per heavy atom. The number of carbonyl (C=O) groups excluding carboxylic acids is 2. The SMILES string of the molecule is Cc1csc(C2CCCN2C(=O)c2cc(C(=O)NC(Cc3ccccc3)C(O)CNCc3cccc(Cl)c3)cc(N(C)C)c2)n1. The van der Waals surface area contributed by atoms with Crippen LogP contribution in [0, 0.1) is 6.92 Å². The van der Waals surface area contributed by atoms with E-state index in [1.807, 2.05) is 96.9 Å². The fourth-order valence-electron chi connectivity index (χ4n) is 5.64. The average molecular weight is 646 g/mol. The van der Waals surface area contributed by atoms with Gasteiger partial charge in [0.1, 0.15) is 5.01 Å². The van der Waals surface area contributed by atoms with Crippen LogP contribution in [0.4, 0.5) is 5.69 Å². The average Bonchev–Trinajstić information content (AvgIpc) is 3.69. The summed E-state index contributed by atoms with van der Waals surface area (Å²) < 4.78 is 0. The third kappa shape index (κ3) is 8.49. The standard InChI is InChI=1S/C35H40ClN5O3S/c1-23-22-45-34(38-23)31-13-8-14-41(31)35(44)27-17-26(18-29(19-27)40(2)3)33(43)39-30(16-24-9-5-4-6-10-24)32(42)21-37-20-25-11-7-12-28(36)15-25/h4-7,9-12,15,17-19,22,30-32,37,42H,8,13-14,16,20-21H2,1-3H3,(H,39,43). The zero-order valence-corrected chi connectivity index (χ0v) is 27.4. The Labute approximate surface area is 274 Å². The number of hydrogen-bond acceptors (Lipinski definition) is 7. The van der Waals surface area contributed by atoms with Crippen molar-refractivity contribution >= 4 is 40.4 Å². The third-order valence-corrected chi connectivity index (χ3v) is 9.33. The molecule has 1 aliphatic heterocycles. The highest BCUT2D eigenvalue weighted by Crippen LogP contribution is 2.35. The number of aliphatic hydroxyl groups excluding tert-OH is 1. The van der Waals surface area contributed by atoms with Crippen LogP contribution in [0.2, 0.25) is 5.02 Å². The van der Waals surface area contributed by atoms with Gasteiger partial charge in [0, 0.05) is 66.6 Å². The smallest absolute Gasteiger partial charge is 0.254 e. The molecule has 0 spiro atoms. The lowest BCUT2D eigenvalue weighted by Crippen LogP contribution is -2.48. The van der Waals surface area contributed by atoms with E-state index < -0.39 is 12.1 Å². The summed E-state index contributed by atoms with van der Waals surface area (Å²) in [4.78, 5) is 36.2. The van der Waals surface area contributed by atoms with Crippen LogP contribution in [0.3, 0.4) is 0 Å². The first-order valence-electron chi connectivity index (χ1n) is 15.2. The fraction of sp³-hybridized carbons (Fsp3) is 0.343. The summed E-state index contributed by atoms with van der Waals surface area (Å²) in [6.45, 7) is 3.39. The van der Waals surface area contributed by atoms with Crippen molar-refractivity contribution in [2.45, 2.75) is 50.9 Å². The first-order valence-corrected chi connectivity index (χ1v) is 16.5. The molecule has 2 heterocycles. The van der Waals surface area contributed by atoms with E-state index in [9.17, 15) is 14.7 Å². The number of aliphatic hydroxyl groups is 1. The first-order chi connectivity index (χ1) is 21.7. The second-order valence-electron chi connectivity index (χ2n) is 11.7. The number of amides is 2. The molecule has 0 bridgehead atoms. The Bertz CT molecular complexity index is 1610. The van der Waals surface area contributed by atoms with Gasteiger partial charge in [-0.25, -0.2) is 4.98 Å². The lowest BCUT2D eigenvalue weighted by atomic mass is 9.99. The number of rotatable bonds is 12. The molecule has 4 aromatic rings. The molecule has 1 saturated heterocycles. The summed E-state index contributed by atoms with van der Waals surface area (Å²) in [5.41, 5.74) is 4.51. The van der Waals surface area contributed by atoms with E-state index in [0.29, 0.717) is 35.7 Å². The molecule has 0 saturated carbocycles. The van der Waals surface area contributed by atoms with Gasteiger partial charge in [0.25, 0.3) is 11.8 Å². The molecule has 1 fully saturated rings. The highest BCUT2D eigenvalue weighted by Gasteiger charge is 2.33. The zero-order valence-electron chi connectivity index (χ0n) is 25.9. The minimum absolute atomic E-state index is 0.0682. The number of nitrogens with one attached hydrogen (secondary N) is 2. The van der Waals surface area contributed by atoms with Crippen molar-refractivity contribution in [1.82, 2.24) is 20.5 Å². The van der Waals surface area contributed by atoms with Crippen molar-refractivity contribution in [3.63, 3.8) is 0 Å². The molecule has 1 aliphatic rings. The number of carbonyl (C=O) groups is 2. The molecule has 5 rings (SSSR count). The van der Waals surface area contributed by atoms with Crippen molar-refractivity contribution in [2.75, 3.05) is 32.1 Å². The summed E-state index contributed by atoms with van der Waals surface area (Å²) in [6, 6.07) is 21.9. The highest BCUT2D eigenvalue weighted by molar-refractivity contribution is 7.09. The van der Waals surface area contributed by atoms with E-state index in [1.165, 1.54) is 0 Å². The number of hydrogen-bond donors (Lipinski definition) is 3. The largest absolute Gasteiger partial charge is 0.390 e. The molecule has 3 atom stereocenters. The van der Waals surface area contributed by atoms with Gasteiger partial charge in [-0.3, -0.25) is 9.59 Å². The molecule has 45 heavy (non-hydrogen) atoms. The van der Waals surface area contributed by atoms with Crippen molar-refractivity contribution < 1.29 is 14.7 Å². The molecule has 3 N–H and O–H groups in total. The summed E-state index contributed by atoms with van der Waals surface area (Å²) in [6.07, 6.45) is 1.33. The summed E-state index contributed by atoms with van der Waals surface area (Å²) in [5.74, 6) is -0.467. The van der Waals surface area contributed by atoms with Crippen LogP contribution in [-0.4, -0.2) is 66.1 Å². The maximum absolute atomic E-state index is 13.9. The molecule has 10 heteroatoms. The van der Waals surface area contributed by atoms with Gasteiger partial charge in [0.05, 0.1) is 18.2 Å². The van der Waals surface area contributed by atoms with Crippen LogP contribution in [0.5, 0.6) is 0 Å². The number of aryl methyl sites for hydroxylation is 1. The van der Waals surface area contributed by atoms with E-state index in [-0.39, 0.29) is 24.4 Å². The minimum atomic E-state index is -0.876. The Balaban J connectivity index is 1.35. The van der Waals surface area contributed by atoms with E-state index >= 15 is 0 Å². The monoisotopic (exact) mass is 645 g/mol. The normalized spacial score (nSPS) is 15.9. The third-order valence-electron chi connectivity index (χ3n) is 8.03. The summed E-state index contributed by atoms with van der Waals surface area (Å²) in [5, 5.41) is 21.3. The van der Waals surface area contributed by atoms with Crippen LogP contribution in [0.15, 0.2) is 78.2 Å². The molecule has 3 aromatic carbocycles. The second-order valence-corrected chi connectivity index (χ2v) is 13.1. The van der Waals surface area contributed by atoms with Gasteiger partial charge in [0.15, 0.2) is 0 Å². The number of nitrogens with zero attached hydrogens (tertiary/aromatic N) is 3. The molecule has 0 aliphatic carbocycles. The van der Waals surface area contributed by atoms with Gasteiger partial charge in [-0.15, -0.1) is 11.3 Å². The number of aromatic nitrogens is 1. The molecule has 8 nitrogen and oxygen atoms in total. The van der Waals surface area contributed by atoms with Crippen LogP contribution in [-0.2, 0) is 13.0 Å². The molecule has 1 aromatic heterocycles. The molecular weight excluding hydrogens is 606 g/mol. The van der Waals surface area contributed by atoms with E-state index in [2.05, 4.69) is 15.6 Å². The van der Waals surface area contributed by atoms with Gasteiger partial charge in [-0.2, -0.15) is 0 Å². The van der Waals surface area contributed by atoms with Gasteiger partial charge >= 0.3 is 0 Å². The maximum atomic E-state index is 13.9. The predicted molar refractivity (Wildman–Crippen MR) is 181 cm³/mol. The van der Waals surface area contributed by atoms with Crippen LogP contribution in [0.1, 0.15) is 61.4 Å². The van der Waals surface area contributed by atoms with Gasteiger partial charge in [-0.05, 0) is 67.6 Å². The summed E-state index contributed by atoms with van der Waals surface area (Å²) in [7, 11) is 3.77. The molecule has 2 amide bonds. The quantitative estimate of drug-likeness (QED) is 0.185. The Morgan fingerprint density at radius 1 is 1.07 bits per heavy atom. The second kappa shape index (κ2) is 15.0. The number of benzene rings is 3. The van der Waals surface area contributed by atoms with Crippen molar-refractivity contribution in [3.05, 3.63) is 116 Å². The molecule has 3 unspecified atom stereocenters. The first kappa shape index (κ1) is 32.6. The van der Waals surface area contributed by atoms with Crippen LogP contribution < -0.4 is 15.5 Å². The van der Waals surface area contributed by atoms with E-state index in [1.54, 1.807) is 23.5 Å². The lowest BCUT2D eigenvalue weighted by molar-refractivity contribution is 0.0735. The van der Waals surface area contributed by atoms with Crippen molar-refractivity contribution in [3.8, 4) is 0 Å². The van der Waals surface area contributed by atoms with Crippen LogP contribution in [0.25, 0.3) is 0 Å². The Hall–Kier alpha value is -3.76. The van der Waals surface area contributed by atoms with Gasteiger partial charge < -0.3 is 25.5 Å². The Morgan fingerprint density at radius 2 is 1.82 bits per heavy atom.